The zero-order chi connectivity index (χ0) is 23.4. The van der Waals surface area contributed by atoms with Crippen LogP contribution < -0.4 is 10.6 Å². The SMILES string of the molecule is CCC(=O)Nc1ccc(O)c(-c2cc(C3CCCC3)n(C(=O)NCc3ccccc3C)n2)c1. The second kappa shape index (κ2) is 9.90. The van der Waals surface area contributed by atoms with Crippen LogP contribution in [0.1, 0.15) is 61.8 Å². The van der Waals surface area contributed by atoms with Gasteiger partial charge in [0, 0.05) is 30.1 Å². The molecule has 1 fully saturated rings. The Morgan fingerprint density at radius 1 is 1.12 bits per heavy atom. The van der Waals surface area contributed by atoms with E-state index in [-0.39, 0.29) is 23.6 Å². The average Bonchev–Trinajstić information content (AvgIpc) is 3.49. The van der Waals surface area contributed by atoms with E-state index in [0.29, 0.717) is 29.9 Å². The van der Waals surface area contributed by atoms with Gasteiger partial charge >= 0.3 is 6.03 Å². The van der Waals surface area contributed by atoms with Crippen LogP contribution in [0.5, 0.6) is 5.75 Å². The van der Waals surface area contributed by atoms with Crippen molar-refractivity contribution in [2.24, 2.45) is 0 Å². The van der Waals surface area contributed by atoms with Gasteiger partial charge in [0.1, 0.15) is 5.75 Å². The number of aryl methyl sites for hydroxylation is 1. The summed E-state index contributed by atoms with van der Waals surface area (Å²) < 4.78 is 1.44. The number of carbonyl (C=O) groups excluding carboxylic acids is 2. The van der Waals surface area contributed by atoms with Gasteiger partial charge in [0.25, 0.3) is 0 Å². The lowest BCUT2D eigenvalue weighted by atomic mass is 10.0. The molecule has 1 aliphatic carbocycles. The summed E-state index contributed by atoms with van der Waals surface area (Å²) in [6, 6.07) is 14.4. The first kappa shape index (κ1) is 22.6. The summed E-state index contributed by atoms with van der Waals surface area (Å²) in [7, 11) is 0. The first-order valence-electron chi connectivity index (χ1n) is 11.5. The highest BCUT2D eigenvalue weighted by Gasteiger charge is 2.26. The van der Waals surface area contributed by atoms with E-state index in [2.05, 4.69) is 15.7 Å². The molecule has 7 heteroatoms. The van der Waals surface area contributed by atoms with Gasteiger partial charge in [-0.1, -0.05) is 44.0 Å². The predicted molar refractivity (Wildman–Crippen MR) is 128 cm³/mol. The molecule has 1 aromatic heterocycles. The van der Waals surface area contributed by atoms with Crippen molar-refractivity contribution in [1.82, 2.24) is 15.1 Å². The molecule has 3 aromatic rings. The van der Waals surface area contributed by atoms with E-state index >= 15 is 0 Å². The lowest BCUT2D eigenvalue weighted by Crippen LogP contribution is -2.31. The molecule has 0 atom stereocenters. The van der Waals surface area contributed by atoms with E-state index in [9.17, 15) is 14.7 Å². The van der Waals surface area contributed by atoms with Crippen molar-refractivity contribution >= 4 is 17.6 Å². The fraction of sp³-hybridized carbons (Fsp3) is 0.346. The highest BCUT2D eigenvalue weighted by molar-refractivity contribution is 5.91. The minimum absolute atomic E-state index is 0.0486. The molecule has 0 bridgehead atoms. The molecule has 2 amide bonds. The molecule has 172 valence electrons. The second-order valence-corrected chi connectivity index (χ2v) is 8.57. The Hall–Kier alpha value is -3.61. The van der Waals surface area contributed by atoms with Crippen molar-refractivity contribution in [2.75, 3.05) is 5.32 Å². The third kappa shape index (κ3) is 5.08. The highest BCUT2D eigenvalue weighted by atomic mass is 16.3. The molecule has 1 heterocycles. The van der Waals surface area contributed by atoms with Crippen LogP contribution in [-0.2, 0) is 11.3 Å². The Balaban J connectivity index is 1.65. The molecular weight excluding hydrogens is 416 g/mol. The Morgan fingerprint density at radius 3 is 2.61 bits per heavy atom. The number of anilines is 1. The molecule has 0 saturated heterocycles. The number of nitrogens with zero attached hydrogens (tertiary/aromatic N) is 2. The summed E-state index contributed by atoms with van der Waals surface area (Å²) in [4.78, 5) is 25.0. The summed E-state index contributed by atoms with van der Waals surface area (Å²) >= 11 is 0. The quantitative estimate of drug-likeness (QED) is 0.446. The van der Waals surface area contributed by atoms with E-state index in [4.69, 9.17) is 0 Å². The number of benzene rings is 2. The number of hydrogen-bond acceptors (Lipinski definition) is 4. The smallest absolute Gasteiger partial charge is 0.342 e. The highest BCUT2D eigenvalue weighted by Crippen LogP contribution is 2.38. The summed E-state index contributed by atoms with van der Waals surface area (Å²) in [5, 5.41) is 20.9. The van der Waals surface area contributed by atoms with E-state index in [0.717, 1.165) is 42.5 Å². The molecule has 0 spiro atoms. The van der Waals surface area contributed by atoms with Gasteiger partial charge in [0.2, 0.25) is 5.91 Å². The van der Waals surface area contributed by atoms with Gasteiger partial charge in [-0.05, 0) is 55.2 Å². The van der Waals surface area contributed by atoms with Crippen molar-refractivity contribution in [1.29, 1.82) is 0 Å². The van der Waals surface area contributed by atoms with Crippen LogP contribution in [0.4, 0.5) is 10.5 Å². The zero-order valence-electron chi connectivity index (χ0n) is 19.1. The number of amides is 2. The molecular formula is C26H30N4O3. The molecule has 1 aliphatic rings. The minimum atomic E-state index is -0.290. The van der Waals surface area contributed by atoms with E-state index in [1.165, 1.54) is 10.7 Å². The summed E-state index contributed by atoms with van der Waals surface area (Å²) in [6.45, 7) is 4.21. The van der Waals surface area contributed by atoms with Gasteiger partial charge in [-0.25, -0.2) is 4.79 Å². The van der Waals surface area contributed by atoms with E-state index < -0.39 is 0 Å². The summed E-state index contributed by atoms with van der Waals surface area (Å²) in [6.07, 6.45) is 4.63. The number of aromatic hydroxyl groups is 1. The third-order valence-corrected chi connectivity index (χ3v) is 6.27. The van der Waals surface area contributed by atoms with Crippen LogP contribution in [0.2, 0.25) is 0 Å². The molecule has 1 saturated carbocycles. The third-order valence-electron chi connectivity index (χ3n) is 6.27. The molecule has 0 radical (unpaired) electrons. The predicted octanol–water partition coefficient (Wildman–Crippen LogP) is 5.33. The second-order valence-electron chi connectivity index (χ2n) is 8.57. The normalized spacial score (nSPS) is 13.8. The maximum absolute atomic E-state index is 13.2. The first-order valence-corrected chi connectivity index (χ1v) is 11.5. The molecule has 4 rings (SSSR count). The largest absolute Gasteiger partial charge is 0.507 e. The van der Waals surface area contributed by atoms with Gasteiger partial charge in [-0.3, -0.25) is 4.79 Å². The fourth-order valence-electron chi connectivity index (χ4n) is 4.32. The van der Waals surface area contributed by atoms with Gasteiger partial charge in [-0.2, -0.15) is 9.78 Å². The van der Waals surface area contributed by atoms with Gasteiger partial charge in [-0.15, -0.1) is 0 Å². The van der Waals surface area contributed by atoms with E-state index in [1.54, 1.807) is 19.1 Å². The van der Waals surface area contributed by atoms with Crippen LogP contribution in [0.15, 0.2) is 48.5 Å². The van der Waals surface area contributed by atoms with E-state index in [1.807, 2.05) is 37.3 Å². The first-order chi connectivity index (χ1) is 16.0. The van der Waals surface area contributed by atoms with Crippen molar-refractivity contribution < 1.29 is 14.7 Å². The molecule has 0 unspecified atom stereocenters. The number of hydrogen-bond donors (Lipinski definition) is 3. The average molecular weight is 447 g/mol. The lowest BCUT2D eigenvalue weighted by Gasteiger charge is -2.13. The van der Waals surface area contributed by atoms with Gasteiger partial charge in [0.15, 0.2) is 0 Å². The zero-order valence-corrected chi connectivity index (χ0v) is 19.1. The maximum Gasteiger partial charge on any atom is 0.342 e. The van der Waals surface area contributed by atoms with Crippen molar-refractivity contribution in [3.8, 4) is 17.0 Å². The number of phenols is 1. The Bertz CT molecular complexity index is 1160. The molecule has 0 aliphatic heterocycles. The summed E-state index contributed by atoms with van der Waals surface area (Å²) in [5.74, 6) is 0.187. The number of phenolic OH excluding ortho intramolecular Hbond substituents is 1. The maximum atomic E-state index is 13.2. The number of nitrogens with one attached hydrogen (secondary N) is 2. The molecule has 2 aromatic carbocycles. The van der Waals surface area contributed by atoms with Crippen LogP contribution in [0.3, 0.4) is 0 Å². The van der Waals surface area contributed by atoms with Crippen LogP contribution in [0.25, 0.3) is 11.3 Å². The van der Waals surface area contributed by atoms with Crippen LogP contribution in [-0.4, -0.2) is 26.8 Å². The molecule has 7 nitrogen and oxygen atoms in total. The number of rotatable bonds is 6. The van der Waals surface area contributed by atoms with Crippen molar-refractivity contribution in [2.45, 2.75) is 58.4 Å². The van der Waals surface area contributed by atoms with Gasteiger partial charge in [0.05, 0.1) is 11.4 Å². The van der Waals surface area contributed by atoms with Crippen LogP contribution >= 0.6 is 0 Å². The minimum Gasteiger partial charge on any atom is -0.507 e. The fourth-order valence-corrected chi connectivity index (χ4v) is 4.32. The Kier molecular flexibility index (Phi) is 6.77. The van der Waals surface area contributed by atoms with Gasteiger partial charge < -0.3 is 15.7 Å². The van der Waals surface area contributed by atoms with Crippen molar-refractivity contribution in [3.63, 3.8) is 0 Å². The van der Waals surface area contributed by atoms with Crippen LogP contribution in [0, 0.1) is 6.92 Å². The molecule has 33 heavy (non-hydrogen) atoms. The number of carbonyl (C=O) groups is 2. The lowest BCUT2D eigenvalue weighted by molar-refractivity contribution is -0.115. The topological polar surface area (TPSA) is 96.2 Å². The summed E-state index contributed by atoms with van der Waals surface area (Å²) in [5.41, 5.74) is 4.59. The molecule has 3 N–H and O–H groups in total. The Morgan fingerprint density at radius 2 is 1.88 bits per heavy atom. The Labute approximate surface area is 193 Å². The standard InChI is InChI=1S/C26H30N4O3/c1-3-25(32)28-20-12-13-24(31)21(14-20)22-15-23(18-9-6-7-10-18)30(29-22)26(33)27-16-19-11-5-4-8-17(19)2/h4-5,8,11-15,18,31H,3,6-7,9-10,16H2,1-2H3,(H,27,33)(H,28,32). The van der Waals surface area contributed by atoms with Crippen molar-refractivity contribution in [3.05, 3.63) is 65.4 Å². The number of aromatic nitrogens is 2. The monoisotopic (exact) mass is 446 g/mol.